The van der Waals surface area contributed by atoms with E-state index in [9.17, 15) is 4.79 Å². The third kappa shape index (κ3) is 5.11. The predicted molar refractivity (Wildman–Crippen MR) is 72.3 cm³/mol. The normalized spacial score (nSPS) is 10.4. The molecule has 0 saturated carbocycles. The Morgan fingerprint density at radius 1 is 1.42 bits per heavy atom. The molecule has 0 aliphatic heterocycles. The van der Waals surface area contributed by atoms with E-state index in [0.29, 0.717) is 25.0 Å². The first-order chi connectivity index (χ1) is 9.06. The van der Waals surface area contributed by atoms with Crippen LogP contribution in [-0.2, 0) is 9.53 Å². The largest absolute Gasteiger partial charge is 0.475 e. The smallest absolute Gasteiger partial charge is 0.325 e. The zero-order valence-corrected chi connectivity index (χ0v) is 11.9. The fraction of sp³-hybridized carbons (Fsp3) is 0.615. The Morgan fingerprint density at radius 3 is 2.74 bits per heavy atom. The molecule has 1 aromatic rings. The second-order valence-corrected chi connectivity index (χ2v) is 4.18. The van der Waals surface area contributed by atoms with E-state index >= 15 is 0 Å². The van der Waals surface area contributed by atoms with E-state index in [1.807, 2.05) is 20.8 Å². The molecular formula is C13H21N3O3. The van der Waals surface area contributed by atoms with Crippen LogP contribution in [0, 0.1) is 0 Å². The van der Waals surface area contributed by atoms with Crippen molar-refractivity contribution in [3.63, 3.8) is 0 Å². The van der Waals surface area contributed by atoms with E-state index in [0.717, 1.165) is 0 Å². The van der Waals surface area contributed by atoms with Gasteiger partial charge in [0.05, 0.1) is 12.7 Å². The number of carbonyl (C=O) groups is 1. The number of nitrogens with zero attached hydrogens (tertiary/aromatic N) is 3. The Bertz CT molecular complexity index is 410. The minimum absolute atomic E-state index is 0.0443. The van der Waals surface area contributed by atoms with Gasteiger partial charge in [0.25, 0.3) is 0 Å². The first-order valence-corrected chi connectivity index (χ1v) is 6.47. The molecule has 6 nitrogen and oxygen atoms in total. The number of aromatic nitrogens is 2. The predicted octanol–water partition coefficient (Wildman–Crippen LogP) is 1.65. The summed E-state index contributed by atoms with van der Waals surface area (Å²) in [6.07, 6.45) is 1.66. The van der Waals surface area contributed by atoms with Gasteiger partial charge in [0.2, 0.25) is 11.8 Å². The molecule has 0 aromatic carbocycles. The molecule has 0 atom stereocenters. The van der Waals surface area contributed by atoms with Crippen molar-refractivity contribution >= 4 is 11.9 Å². The maximum absolute atomic E-state index is 11.5. The molecule has 0 unspecified atom stereocenters. The van der Waals surface area contributed by atoms with Crippen LogP contribution in [0.2, 0.25) is 0 Å². The topological polar surface area (TPSA) is 64.5 Å². The number of likely N-dealkylation sites (N-methyl/N-ethyl adjacent to an activating group) is 1. The molecule has 0 N–H and O–H groups in total. The summed E-state index contributed by atoms with van der Waals surface area (Å²) in [6.45, 7) is 8.68. The fourth-order valence-corrected chi connectivity index (χ4v) is 1.48. The van der Waals surface area contributed by atoms with Crippen LogP contribution in [0.1, 0.15) is 27.7 Å². The Morgan fingerprint density at radius 2 is 2.16 bits per heavy atom. The molecular weight excluding hydrogens is 246 g/mol. The monoisotopic (exact) mass is 267 g/mol. The Balaban J connectivity index is 2.77. The Labute approximate surface area is 113 Å². The lowest BCUT2D eigenvalue weighted by molar-refractivity contribution is -0.141. The van der Waals surface area contributed by atoms with Crippen molar-refractivity contribution in [2.75, 3.05) is 24.6 Å². The molecule has 0 amide bonds. The first-order valence-electron chi connectivity index (χ1n) is 6.47. The SMILES string of the molecule is CCOC(=O)CN(CC)c1nccc(OC(C)C)n1. The number of hydrogen-bond acceptors (Lipinski definition) is 6. The highest BCUT2D eigenvalue weighted by atomic mass is 16.5. The van der Waals surface area contributed by atoms with Crippen molar-refractivity contribution in [2.45, 2.75) is 33.8 Å². The number of rotatable bonds is 7. The molecule has 0 bridgehead atoms. The van der Waals surface area contributed by atoms with Crippen molar-refractivity contribution in [3.8, 4) is 5.88 Å². The highest BCUT2D eigenvalue weighted by molar-refractivity contribution is 5.74. The van der Waals surface area contributed by atoms with Gasteiger partial charge in [-0.1, -0.05) is 0 Å². The molecule has 1 rings (SSSR count). The maximum atomic E-state index is 11.5. The van der Waals surface area contributed by atoms with Crippen molar-refractivity contribution in [2.24, 2.45) is 0 Å². The van der Waals surface area contributed by atoms with E-state index in [-0.39, 0.29) is 18.6 Å². The second kappa shape index (κ2) is 7.56. The number of hydrogen-bond donors (Lipinski definition) is 0. The average Bonchev–Trinajstić information content (AvgIpc) is 2.35. The van der Waals surface area contributed by atoms with Crippen molar-refractivity contribution in [1.29, 1.82) is 0 Å². The van der Waals surface area contributed by atoms with Gasteiger partial charge in [-0.2, -0.15) is 4.98 Å². The van der Waals surface area contributed by atoms with Gasteiger partial charge in [0, 0.05) is 18.8 Å². The lowest BCUT2D eigenvalue weighted by atomic mass is 10.4. The summed E-state index contributed by atoms with van der Waals surface area (Å²) >= 11 is 0. The zero-order valence-electron chi connectivity index (χ0n) is 11.9. The summed E-state index contributed by atoms with van der Waals surface area (Å²) in [5, 5.41) is 0. The summed E-state index contributed by atoms with van der Waals surface area (Å²) in [6, 6.07) is 1.70. The van der Waals surface area contributed by atoms with Gasteiger partial charge < -0.3 is 14.4 Å². The van der Waals surface area contributed by atoms with E-state index in [2.05, 4.69) is 9.97 Å². The van der Waals surface area contributed by atoms with E-state index in [1.54, 1.807) is 24.1 Å². The summed E-state index contributed by atoms with van der Waals surface area (Å²) < 4.78 is 10.4. The Kier molecular flexibility index (Phi) is 6.05. The van der Waals surface area contributed by atoms with Crippen molar-refractivity contribution in [3.05, 3.63) is 12.3 Å². The molecule has 1 heterocycles. The molecule has 6 heteroatoms. The van der Waals surface area contributed by atoms with Crippen molar-refractivity contribution < 1.29 is 14.3 Å². The molecule has 1 aromatic heterocycles. The van der Waals surface area contributed by atoms with Crippen LogP contribution < -0.4 is 9.64 Å². The molecule has 0 fully saturated rings. The number of carbonyl (C=O) groups excluding carboxylic acids is 1. The molecule has 0 spiro atoms. The van der Waals surface area contributed by atoms with Crippen LogP contribution in [0.25, 0.3) is 0 Å². The highest BCUT2D eigenvalue weighted by Gasteiger charge is 2.14. The quantitative estimate of drug-likeness (QED) is 0.700. The minimum atomic E-state index is -0.289. The van der Waals surface area contributed by atoms with Gasteiger partial charge in [-0.05, 0) is 27.7 Å². The second-order valence-electron chi connectivity index (χ2n) is 4.18. The van der Waals surface area contributed by atoms with Crippen LogP contribution >= 0.6 is 0 Å². The van der Waals surface area contributed by atoms with Gasteiger partial charge in [0.1, 0.15) is 6.54 Å². The summed E-state index contributed by atoms with van der Waals surface area (Å²) in [5.41, 5.74) is 0. The fourth-order valence-electron chi connectivity index (χ4n) is 1.48. The maximum Gasteiger partial charge on any atom is 0.325 e. The number of esters is 1. The summed E-state index contributed by atoms with van der Waals surface area (Å²) in [5.74, 6) is 0.680. The van der Waals surface area contributed by atoms with Crippen LogP contribution in [0.15, 0.2) is 12.3 Å². The third-order valence-electron chi connectivity index (χ3n) is 2.26. The molecule has 106 valence electrons. The van der Waals surface area contributed by atoms with Gasteiger partial charge in [-0.3, -0.25) is 4.79 Å². The summed E-state index contributed by atoms with van der Waals surface area (Å²) in [7, 11) is 0. The van der Waals surface area contributed by atoms with Gasteiger partial charge in [0.15, 0.2) is 0 Å². The molecule has 0 saturated heterocycles. The van der Waals surface area contributed by atoms with Crippen molar-refractivity contribution in [1.82, 2.24) is 9.97 Å². The zero-order chi connectivity index (χ0) is 14.3. The first kappa shape index (κ1) is 15.2. The number of ether oxygens (including phenoxy) is 2. The lowest BCUT2D eigenvalue weighted by Crippen LogP contribution is -2.32. The van der Waals surface area contributed by atoms with Crippen LogP contribution in [0.4, 0.5) is 5.95 Å². The van der Waals surface area contributed by atoms with E-state index in [4.69, 9.17) is 9.47 Å². The number of anilines is 1. The molecule has 0 radical (unpaired) electrons. The third-order valence-corrected chi connectivity index (χ3v) is 2.26. The molecule has 19 heavy (non-hydrogen) atoms. The highest BCUT2D eigenvalue weighted by Crippen LogP contribution is 2.13. The average molecular weight is 267 g/mol. The Hall–Kier alpha value is -1.85. The van der Waals surface area contributed by atoms with Gasteiger partial charge in [-0.25, -0.2) is 4.98 Å². The van der Waals surface area contributed by atoms with E-state index in [1.165, 1.54) is 0 Å². The lowest BCUT2D eigenvalue weighted by Gasteiger charge is -2.20. The summed E-state index contributed by atoms with van der Waals surface area (Å²) in [4.78, 5) is 21.7. The minimum Gasteiger partial charge on any atom is -0.475 e. The van der Waals surface area contributed by atoms with Crippen LogP contribution in [-0.4, -0.2) is 41.7 Å². The van der Waals surface area contributed by atoms with E-state index < -0.39 is 0 Å². The van der Waals surface area contributed by atoms with Gasteiger partial charge in [-0.15, -0.1) is 0 Å². The molecule has 0 aliphatic carbocycles. The van der Waals surface area contributed by atoms with Crippen LogP contribution in [0.3, 0.4) is 0 Å². The molecule has 0 aliphatic rings. The standard InChI is InChI=1S/C13H21N3O3/c1-5-16(9-12(17)18-6-2)13-14-8-7-11(15-13)19-10(3)4/h7-8,10H,5-6,9H2,1-4H3. The van der Waals surface area contributed by atoms with Gasteiger partial charge >= 0.3 is 5.97 Å². The van der Waals surface area contributed by atoms with Crippen LogP contribution in [0.5, 0.6) is 5.88 Å².